The van der Waals surface area contributed by atoms with Crippen molar-refractivity contribution < 1.29 is 32.4 Å². The number of amides is 2. The molecule has 0 radical (unpaired) electrons. The van der Waals surface area contributed by atoms with Crippen molar-refractivity contribution in [3.63, 3.8) is 0 Å². The zero-order valence-electron chi connectivity index (χ0n) is 16.8. The maximum Gasteiger partial charge on any atom is 0.428 e. The second kappa shape index (κ2) is 8.53. The molecule has 0 aliphatic carbocycles. The van der Waals surface area contributed by atoms with E-state index in [9.17, 15) is 22.8 Å². The van der Waals surface area contributed by atoms with E-state index >= 15 is 0 Å². The van der Waals surface area contributed by atoms with E-state index in [-0.39, 0.29) is 33.5 Å². The van der Waals surface area contributed by atoms with Crippen LogP contribution < -0.4 is 16.3 Å². The number of hydrogen-bond acceptors (Lipinski definition) is 5. The lowest BCUT2D eigenvalue weighted by Crippen LogP contribution is -2.42. The molecule has 2 amide bonds. The molecule has 1 fully saturated rings. The first-order valence-corrected chi connectivity index (χ1v) is 10.3. The Bertz CT molecular complexity index is 1150. The van der Waals surface area contributed by atoms with E-state index in [1.165, 1.54) is 24.3 Å². The molecular weight excluding hydrogens is 486 g/mol. The van der Waals surface area contributed by atoms with Gasteiger partial charge >= 0.3 is 6.18 Å². The highest BCUT2D eigenvalue weighted by atomic mass is 35.5. The average molecular weight is 502 g/mol. The number of nitrogens with one attached hydrogen (secondary N) is 3. The minimum absolute atomic E-state index is 0.0110. The maximum atomic E-state index is 14.1. The van der Waals surface area contributed by atoms with Gasteiger partial charge in [-0.15, -0.1) is 0 Å². The quantitative estimate of drug-likeness (QED) is 0.593. The second-order valence-electron chi connectivity index (χ2n) is 7.49. The summed E-state index contributed by atoms with van der Waals surface area (Å²) in [7, 11) is 0. The number of halogens is 5. The molecular formula is C21H16Cl2F3N3O4. The molecule has 33 heavy (non-hydrogen) atoms. The van der Waals surface area contributed by atoms with Gasteiger partial charge in [0.2, 0.25) is 5.60 Å². The molecule has 2 aromatic rings. The number of hydroxylamine groups is 2. The number of rotatable bonds is 4. The minimum atomic E-state index is -4.84. The predicted octanol–water partition coefficient (Wildman–Crippen LogP) is 3.80. The van der Waals surface area contributed by atoms with Gasteiger partial charge in [0.1, 0.15) is 12.6 Å². The highest BCUT2D eigenvalue weighted by molar-refractivity contribution is 6.34. The fraction of sp³-hybridized carbons (Fsp3) is 0.238. The monoisotopic (exact) mass is 501 g/mol. The van der Waals surface area contributed by atoms with Crippen LogP contribution >= 0.6 is 23.2 Å². The molecule has 0 spiro atoms. The molecule has 7 nitrogen and oxygen atoms in total. The van der Waals surface area contributed by atoms with Crippen LogP contribution in [0.1, 0.15) is 27.0 Å². The summed E-state index contributed by atoms with van der Waals surface area (Å²) in [6.45, 7) is 1.61. The van der Waals surface area contributed by atoms with Crippen LogP contribution in [0.25, 0.3) is 5.70 Å². The summed E-state index contributed by atoms with van der Waals surface area (Å²) in [5.41, 5.74) is 2.48. The Hall–Kier alpha value is -2.79. The van der Waals surface area contributed by atoms with Gasteiger partial charge in [0.25, 0.3) is 11.8 Å². The molecule has 4 rings (SSSR count). The average Bonchev–Trinajstić information content (AvgIpc) is 3.34. The van der Waals surface area contributed by atoms with Gasteiger partial charge in [-0.05, 0) is 54.5 Å². The highest BCUT2D eigenvalue weighted by Gasteiger charge is 2.59. The number of carbonyl (C=O) groups is 2. The fourth-order valence-electron chi connectivity index (χ4n) is 3.53. The molecule has 0 bridgehead atoms. The van der Waals surface area contributed by atoms with E-state index in [4.69, 9.17) is 32.9 Å². The van der Waals surface area contributed by atoms with Crippen molar-refractivity contribution in [2.24, 2.45) is 0 Å². The zero-order chi connectivity index (χ0) is 24.0. The van der Waals surface area contributed by atoms with Gasteiger partial charge in [-0.2, -0.15) is 13.2 Å². The Kier molecular flexibility index (Phi) is 6.04. The molecule has 2 unspecified atom stereocenters. The lowest BCUT2D eigenvalue weighted by Gasteiger charge is -2.28. The van der Waals surface area contributed by atoms with E-state index in [1.807, 2.05) is 0 Å². The van der Waals surface area contributed by atoms with Crippen LogP contribution in [-0.2, 0) is 20.1 Å². The van der Waals surface area contributed by atoms with E-state index in [1.54, 1.807) is 6.92 Å². The molecule has 2 heterocycles. The molecule has 0 aromatic heterocycles. The van der Waals surface area contributed by atoms with Crippen LogP contribution in [0.4, 0.5) is 13.2 Å². The van der Waals surface area contributed by atoms with Crippen LogP contribution in [0.5, 0.6) is 0 Å². The van der Waals surface area contributed by atoms with Crippen molar-refractivity contribution in [2.45, 2.75) is 24.7 Å². The molecule has 2 aliphatic rings. The Morgan fingerprint density at radius 1 is 1.15 bits per heavy atom. The summed E-state index contributed by atoms with van der Waals surface area (Å²) in [5.74, 6) is -0.993. The summed E-state index contributed by atoms with van der Waals surface area (Å²) in [6, 6.07) is 7.18. The smallest absolute Gasteiger partial charge is 0.338 e. The standard InChI is InChI=1S/C21H16Cl2F3N3O4/c1-10-4-11(2-3-15(10)18(30)27-17-9-32-29-19(17)31)16-8-20(33-28-16,21(24,25)26)12-5-13(22)7-14(23)6-12/h2-8,17,28H,9H2,1H3,(H,27,30)(H,29,31). The van der Waals surface area contributed by atoms with E-state index in [0.717, 1.165) is 18.2 Å². The third kappa shape index (κ3) is 4.39. The number of aryl methyl sites for hydroxylation is 1. The molecule has 174 valence electrons. The van der Waals surface area contributed by atoms with Crippen molar-refractivity contribution in [1.29, 1.82) is 0 Å². The molecule has 2 atom stereocenters. The van der Waals surface area contributed by atoms with Crippen molar-refractivity contribution >= 4 is 40.7 Å². The first-order chi connectivity index (χ1) is 15.5. The summed E-state index contributed by atoms with van der Waals surface area (Å²) in [4.78, 5) is 33.9. The van der Waals surface area contributed by atoms with Crippen LogP contribution in [0.15, 0.2) is 42.5 Å². The Morgan fingerprint density at radius 2 is 1.85 bits per heavy atom. The van der Waals surface area contributed by atoms with Gasteiger partial charge < -0.3 is 5.32 Å². The molecule has 3 N–H and O–H groups in total. The van der Waals surface area contributed by atoms with Crippen LogP contribution in [-0.4, -0.2) is 30.6 Å². The number of hydrogen-bond donors (Lipinski definition) is 3. The third-order valence-corrected chi connectivity index (χ3v) is 5.65. The van der Waals surface area contributed by atoms with Gasteiger partial charge in [0.05, 0.1) is 5.70 Å². The lowest BCUT2D eigenvalue weighted by molar-refractivity contribution is -0.269. The lowest BCUT2D eigenvalue weighted by atomic mass is 9.91. The maximum absolute atomic E-state index is 14.1. The van der Waals surface area contributed by atoms with Gasteiger partial charge in [0.15, 0.2) is 0 Å². The van der Waals surface area contributed by atoms with Crippen LogP contribution in [0.2, 0.25) is 10.0 Å². The first kappa shape index (κ1) is 23.4. The molecule has 1 saturated heterocycles. The number of carbonyl (C=O) groups excluding carboxylic acids is 2. The summed E-state index contributed by atoms with van der Waals surface area (Å²) in [6.07, 6.45) is -3.95. The van der Waals surface area contributed by atoms with Crippen molar-refractivity contribution in [3.8, 4) is 0 Å². The first-order valence-electron chi connectivity index (χ1n) is 9.54. The SMILES string of the molecule is Cc1cc(C2=CC(c3cc(Cl)cc(Cl)c3)(C(F)(F)F)ON2)ccc1C(=O)NC1CONC1=O. The van der Waals surface area contributed by atoms with Gasteiger partial charge in [-0.1, -0.05) is 29.3 Å². The Labute approximate surface area is 195 Å². The Morgan fingerprint density at radius 3 is 2.42 bits per heavy atom. The number of benzene rings is 2. The van der Waals surface area contributed by atoms with Gasteiger partial charge in [-0.3, -0.25) is 24.7 Å². The summed E-state index contributed by atoms with van der Waals surface area (Å²) in [5, 5.41) is 2.59. The van der Waals surface area contributed by atoms with Crippen molar-refractivity contribution in [3.05, 3.63) is 74.8 Å². The zero-order valence-corrected chi connectivity index (χ0v) is 18.4. The van der Waals surface area contributed by atoms with E-state index in [2.05, 4.69) is 16.3 Å². The summed E-state index contributed by atoms with van der Waals surface area (Å²) < 4.78 is 42.4. The van der Waals surface area contributed by atoms with Crippen LogP contribution in [0, 0.1) is 6.92 Å². The molecule has 0 saturated carbocycles. The second-order valence-corrected chi connectivity index (χ2v) is 8.36. The number of alkyl halides is 3. The van der Waals surface area contributed by atoms with E-state index < -0.39 is 29.6 Å². The van der Waals surface area contributed by atoms with Gasteiger partial charge in [0, 0.05) is 21.2 Å². The van der Waals surface area contributed by atoms with Crippen molar-refractivity contribution in [1.82, 2.24) is 16.3 Å². The fourth-order valence-corrected chi connectivity index (χ4v) is 4.05. The predicted molar refractivity (Wildman–Crippen MR) is 113 cm³/mol. The Balaban J connectivity index is 1.65. The topological polar surface area (TPSA) is 88.7 Å². The van der Waals surface area contributed by atoms with Crippen LogP contribution in [0.3, 0.4) is 0 Å². The third-order valence-electron chi connectivity index (χ3n) is 5.21. The minimum Gasteiger partial charge on any atom is -0.338 e. The molecule has 2 aromatic carbocycles. The molecule has 12 heteroatoms. The molecule has 2 aliphatic heterocycles. The largest absolute Gasteiger partial charge is 0.428 e. The van der Waals surface area contributed by atoms with Gasteiger partial charge in [-0.25, -0.2) is 5.48 Å². The van der Waals surface area contributed by atoms with E-state index in [0.29, 0.717) is 11.1 Å². The highest BCUT2D eigenvalue weighted by Crippen LogP contribution is 2.48. The van der Waals surface area contributed by atoms with Crippen molar-refractivity contribution in [2.75, 3.05) is 6.61 Å². The summed E-state index contributed by atoms with van der Waals surface area (Å²) >= 11 is 11.8. The normalized spacial score (nSPS) is 22.5.